The lowest BCUT2D eigenvalue weighted by Gasteiger charge is -2.21. The molecule has 23 heavy (non-hydrogen) atoms. The molecule has 2 heterocycles. The van der Waals surface area contributed by atoms with Gasteiger partial charge in [-0.05, 0) is 24.1 Å². The van der Waals surface area contributed by atoms with E-state index in [1.165, 1.54) is 28.6 Å². The molecule has 2 fully saturated rings. The van der Waals surface area contributed by atoms with E-state index in [1.54, 1.807) is 0 Å². The second kappa shape index (κ2) is 5.89. The predicted octanol–water partition coefficient (Wildman–Crippen LogP) is 0.282. The fourth-order valence-corrected chi connectivity index (χ4v) is 4.44. The maximum absolute atomic E-state index is 12.9. The van der Waals surface area contributed by atoms with Crippen LogP contribution in [0.5, 0.6) is 0 Å². The molecule has 3 rings (SSSR count). The van der Waals surface area contributed by atoms with Crippen molar-refractivity contribution < 1.29 is 22.4 Å². The minimum atomic E-state index is -3.58. The highest BCUT2D eigenvalue weighted by Crippen LogP contribution is 2.22. The summed E-state index contributed by atoms with van der Waals surface area (Å²) >= 11 is 0. The number of nitrogens with one attached hydrogen (secondary N) is 1. The van der Waals surface area contributed by atoms with Gasteiger partial charge in [0.05, 0.1) is 18.3 Å². The highest BCUT2D eigenvalue weighted by Gasteiger charge is 2.41. The van der Waals surface area contributed by atoms with Crippen molar-refractivity contribution in [1.82, 2.24) is 14.5 Å². The Kier molecular flexibility index (Phi) is 4.07. The summed E-state index contributed by atoms with van der Waals surface area (Å²) in [5, 5.41) is 2.43. The Morgan fingerprint density at radius 1 is 1.22 bits per heavy atom. The molecular formula is C14H16FN3O4S. The number of rotatable bonds is 4. The largest absolute Gasteiger partial charge is 0.329 e. The third-order valence-corrected chi connectivity index (χ3v) is 5.84. The molecule has 1 aromatic carbocycles. The van der Waals surface area contributed by atoms with E-state index in [0.717, 1.165) is 4.90 Å². The van der Waals surface area contributed by atoms with E-state index in [9.17, 15) is 22.4 Å². The molecule has 0 bridgehead atoms. The predicted molar refractivity (Wildman–Crippen MR) is 79.2 cm³/mol. The number of carbonyl (C=O) groups excluding carboxylic acids is 2. The first-order valence-electron chi connectivity index (χ1n) is 7.19. The normalized spacial score (nSPS) is 22.7. The molecule has 1 unspecified atom stereocenters. The smallest absolute Gasteiger partial charge is 0.324 e. The van der Waals surface area contributed by atoms with E-state index < -0.39 is 27.9 Å². The highest BCUT2D eigenvalue weighted by atomic mass is 32.2. The molecule has 0 aromatic heterocycles. The summed E-state index contributed by atoms with van der Waals surface area (Å²) in [6.07, 6.45) is 0.418. The van der Waals surface area contributed by atoms with Crippen LogP contribution in [0.25, 0.3) is 0 Å². The topological polar surface area (TPSA) is 86.8 Å². The lowest BCUT2D eigenvalue weighted by molar-refractivity contribution is -0.126. The molecule has 3 amide bonds. The zero-order chi connectivity index (χ0) is 16.6. The van der Waals surface area contributed by atoms with Crippen molar-refractivity contribution in [2.75, 3.05) is 19.6 Å². The third kappa shape index (κ3) is 3.20. The van der Waals surface area contributed by atoms with Gasteiger partial charge in [0, 0.05) is 13.1 Å². The Labute approximate surface area is 133 Å². The number of halogens is 1. The lowest BCUT2D eigenvalue weighted by Crippen LogP contribution is -2.43. The number of hydrogen-bond acceptors (Lipinski definition) is 4. The Bertz CT molecular complexity index is 719. The molecule has 124 valence electrons. The van der Waals surface area contributed by atoms with Crippen molar-refractivity contribution in [2.24, 2.45) is 0 Å². The molecule has 2 aliphatic heterocycles. The van der Waals surface area contributed by atoms with Crippen molar-refractivity contribution in [3.63, 3.8) is 0 Å². The number of amides is 3. The second-order valence-electron chi connectivity index (χ2n) is 5.61. The van der Waals surface area contributed by atoms with Crippen molar-refractivity contribution in [1.29, 1.82) is 0 Å². The molecule has 9 heteroatoms. The molecule has 0 aliphatic carbocycles. The van der Waals surface area contributed by atoms with Crippen LogP contribution in [-0.4, -0.2) is 55.2 Å². The maximum atomic E-state index is 12.9. The average molecular weight is 341 g/mol. The molecule has 1 atom stereocenters. The molecule has 0 radical (unpaired) electrons. The summed E-state index contributed by atoms with van der Waals surface area (Å²) in [4.78, 5) is 24.4. The van der Waals surface area contributed by atoms with Crippen molar-refractivity contribution >= 4 is 22.0 Å². The first-order valence-corrected chi connectivity index (χ1v) is 8.80. The fourth-order valence-electron chi connectivity index (χ4n) is 2.86. The van der Waals surface area contributed by atoms with E-state index in [2.05, 4.69) is 5.32 Å². The van der Waals surface area contributed by atoms with Gasteiger partial charge in [-0.3, -0.25) is 9.69 Å². The molecular weight excluding hydrogens is 325 g/mol. The number of carbonyl (C=O) groups is 2. The third-order valence-electron chi connectivity index (χ3n) is 4.03. The summed E-state index contributed by atoms with van der Waals surface area (Å²) < 4.78 is 39.0. The van der Waals surface area contributed by atoms with Gasteiger partial charge < -0.3 is 5.32 Å². The first-order chi connectivity index (χ1) is 10.9. The van der Waals surface area contributed by atoms with E-state index >= 15 is 0 Å². The highest BCUT2D eigenvalue weighted by molar-refractivity contribution is 7.88. The van der Waals surface area contributed by atoms with Crippen molar-refractivity contribution in [3.05, 3.63) is 35.6 Å². The van der Waals surface area contributed by atoms with E-state index in [0.29, 0.717) is 12.0 Å². The summed E-state index contributed by atoms with van der Waals surface area (Å²) in [6, 6.07) is 4.37. The fraction of sp³-hybridized carbons (Fsp3) is 0.429. The van der Waals surface area contributed by atoms with E-state index in [1.807, 2.05) is 0 Å². The SMILES string of the molecule is O=C1CNC(=O)N1C1CCN(S(=O)(=O)Cc2ccc(F)cc2)C1. The summed E-state index contributed by atoms with van der Waals surface area (Å²) in [5.41, 5.74) is 0.491. The van der Waals surface area contributed by atoms with Gasteiger partial charge >= 0.3 is 6.03 Å². The standard InChI is InChI=1S/C14H16FN3O4S/c15-11-3-1-10(2-4-11)9-23(21,22)17-6-5-12(8-17)18-13(19)7-16-14(18)20/h1-4,12H,5-9H2,(H,16,20). The van der Waals surface area contributed by atoms with Gasteiger partial charge in [0.1, 0.15) is 5.82 Å². The average Bonchev–Trinajstić information content (AvgIpc) is 3.09. The van der Waals surface area contributed by atoms with Crippen LogP contribution in [0.3, 0.4) is 0 Å². The number of benzene rings is 1. The molecule has 2 aliphatic rings. The van der Waals surface area contributed by atoms with Gasteiger partial charge in [-0.2, -0.15) is 4.31 Å². The van der Waals surface area contributed by atoms with E-state index in [4.69, 9.17) is 0 Å². The molecule has 0 saturated carbocycles. The number of urea groups is 1. The first kappa shape index (κ1) is 15.9. The van der Waals surface area contributed by atoms with Gasteiger partial charge in [0.2, 0.25) is 15.9 Å². The molecule has 7 nitrogen and oxygen atoms in total. The monoisotopic (exact) mass is 341 g/mol. The van der Waals surface area contributed by atoms with Crippen molar-refractivity contribution in [3.8, 4) is 0 Å². The van der Waals surface area contributed by atoms with Crippen LogP contribution >= 0.6 is 0 Å². The van der Waals surface area contributed by atoms with Gasteiger partial charge in [-0.15, -0.1) is 0 Å². The van der Waals surface area contributed by atoms with Gasteiger partial charge in [-0.25, -0.2) is 17.6 Å². The Hall–Kier alpha value is -2.00. The summed E-state index contributed by atoms with van der Waals surface area (Å²) in [5.74, 6) is -0.996. The molecule has 2 saturated heterocycles. The van der Waals surface area contributed by atoms with Crippen LogP contribution in [0.15, 0.2) is 24.3 Å². The number of sulfonamides is 1. The van der Waals surface area contributed by atoms with E-state index in [-0.39, 0.29) is 31.3 Å². The molecule has 0 spiro atoms. The quantitative estimate of drug-likeness (QED) is 0.797. The summed E-state index contributed by atoms with van der Waals surface area (Å²) in [6.45, 7) is 0.311. The number of imide groups is 1. The Morgan fingerprint density at radius 2 is 1.91 bits per heavy atom. The van der Waals surface area contributed by atoms with Gasteiger partial charge in [0.15, 0.2) is 0 Å². The Morgan fingerprint density at radius 3 is 2.52 bits per heavy atom. The lowest BCUT2D eigenvalue weighted by atomic mass is 10.2. The van der Waals surface area contributed by atoms with Crippen LogP contribution in [0.2, 0.25) is 0 Å². The van der Waals surface area contributed by atoms with Crippen LogP contribution in [0, 0.1) is 5.82 Å². The second-order valence-corrected chi connectivity index (χ2v) is 7.57. The zero-order valence-electron chi connectivity index (χ0n) is 12.2. The minimum absolute atomic E-state index is 0.0440. The number of nitrogens with zero attached hydrogens (tertiary/aromatic N) is 2. The van der Waals surface area contributed by atoms with Crippen molar-refractivity contribution in [2.45, 2.75) is 18.2 Å². The number of hydrogen-bond donors (Lipinski definition) is 1. The minimum Gasteiger partial charge on any atom is -0.329 e. The molecule has 1 N–H and O–H groups in total. The molecule has 1 aromatic rings. The van der Waals surface area contributed by atoms with Crippen LogP contribution < -0.4 is 5.32 Å². The van der Waals surface area contributed by atoms with Gasteiger partial charge in [0.25, 0.3) is 0 Å². The Balaban J connectivity index is 1.69. The zero-order valence-corrected chi connectivity index (χ0v) is 13.1. The van der Waals surface area contributed by atoms with Crippen LogP contribution in [0.1, 0.15) is 12.0 Å². The van der Waals surface area contributed by atoms with Gasteiger partial charge in [-0.1, -0.05) is 12.1 Å². The summed E-state index contributed by atoms with van der Waals surface area (Å²) in [7, 11) is -3.58. The maximum Gasteiger partial charge on any atom is 0.324 e. The van der Waals surface area contributed by atoms with Crippen LogP contribution in [0.4, 0.5) is 9.18 Å². The van der Waals surface area contributed by atoms with Crippen LogP contribution in [-0.2, 0) is 20.6 Å².